The highest BCUT2D eigenvalue weighted by atomic mass is 32.2. The first kappa shape index (κ1) is 12.8. The van der Waals surface area contributed by atoms with Gasteiger partial charge in [-0.3, -0.25) is 0 Å². The number of methoxy groups -OCH3 is 1. The van der Waals surface area contributed by atoms with Crippen molar-refractivity contribution in [1.29, 1.82) is 0 Å². The van der Waals surface area contributed by atoms with Crippen LogP contribution in [0.5, 0.6) is 0 Å². The summed E-state index contributed by atoms with van der Waals surface area (Å²) < 4.78 is 40.1. The molecule has 7 heteroatoms. The van der Waals surface area contributed by atoms with Gasteiger partial charge in [-0.05, 0) is 12.1 Å². The van der Waals surface area contributed by atoms with Crippen molar-refractivity contribution >= 4 is 17.7 Å². The number of aromatic nitrogens is 1. The Labute approximate surface area is 94.0 Å². The molecular formula is C9H8F3NO2S. The lowest BCUT2D eigenvalue weighted by atomic mass is 10.3. The Bertz CT molecular complexity index is 364. The molecule has 0 atom stereocenters. The molecule has 0 aromatic carbocycles. The molecule has 0 aliphatic rings. The van der Waals surface area contributed by atoms with Crippen molar-refractivity contribution in [2.75, 3.05) is 12.9 Å². The fraction of sp³-hybridized carbons (Fsp3) is 0.333. The second kappa shape index (κ2) is 5.20. The smallest absolute Gasteiger partial charge is 0.398 e. The zero-order chi connectivity index (χ0) is 12.2. The molecule has 0 radical (unpaired) electrons. The Balaban J connectivity index is 2.62. The number of carbonyl (C=O) groups excluding carboxylic acids is 1. The third kappa shape index (κ3) is 4.09. The minimum Gasteiger partial charge on any atom is -0.465 e. The van der Waals surface area contributed by atoms with Gasteiger partial charge in [0.2, 0.25) is 0 Å². The molecule has 0 aliphatic heterocycles. The van der Waals surface area contributed by atoms with Gasteiger partial charge in [-0.2, -0.15) is 13.2 Å². The highest BCUT2D eigenvalue weighted by molar-refractivity contribution is 7.99. The monoisotopic (exact) mass is 251 g/mol. The van der Waals surface area contributed by atoms with Crippen molar-refractivity contribution < 1.29 is 22.7 Å². The highest BCUT2D eigenvalue weighted by Crippen LogP contribution is 2.25. The number of halogens is 3. The van der Waals surface area contributed by atoms with E-state index in [4.69, 9.17) is 0 Å². The van der Waals surface area contributed by atoms with Crippen molar-refractivity contribution in [3.63, 3.8) is 0 Å². The van der Waals surface area contributed by atoms with E-state index in [0.29, 0.717) is 11.8 Å². The van der Waals surface area contributed by atoms with E-state index in [-0.39, 0.29) is 10.6 Å². The number of thioether (sulfide) groups is 1. The number of pyridine rings is 1. The quantitative estimate of drug-likeness (QED) is 0.611. The molecule has 0 fully saturated rings. The van der Waals surface area contributed by atoms with E-state index in [1.807, 2.05) is 0 Å². The molecule has 0 bridgehead atoms. The summed E-state index contributed by atoms with van der Waals surface area (Å²) in [6, 6.07) is 2.72. The van der Waals surface area contributed by atoms with Crippen LogP contribution >= 0.6 is 11.8 Å². The summed E-state index contributed by atoms with van der Waals surface area (Å²) >= 11 is 0.567. The van der Waals surface area contributed by atoms with Crippen LogP contribution in [0, 0.1) is 0 Å². The van der Waals surface area contributed by atoms with E-state index >= 15 is 0 Å². The second-order valence-corrected chi connectivity index (χ2v) is 3.78. The number of hydrogen-bond donors (Lipinski definition) is 0. The zero-order valence-corrected chi connectivity index (χ0v) is 9.06. The van der Waals surface area contributed by atoms with Crippen LogP contribution < -0.4 is 0 Å². The Morgan fingerprint density at radius 3 is 2.62 bits per heavy atom. The molecule has 0 saturated carbocycles. The Morgan fingerprint density at radius 1 is 1.50 bits per heavy atom. The van der Waals surface area contributed by atoms with Crippen molar-refractivity contribution in [2.24, 2.45) is 0 Å². The summed E-state index contributed by atoms with van der Waals surface area (Å²) in [7, 11) is 1.22. The van der Waals surface area contributed by atoms with Crippen LogP contribution in [0.2, 0.25) is 0 Å². The first-order valence-electron chi connectivity index (χ1n) is 4.16. The Hall–Kier alpha value is -1.24. The molecule has 0 saturated heterocycles. The van der Waals surface area contributed by atoms with Crippen LogP contribution in [0.1, 0.15) is 10.4 Å². The number of ether oxygens (including phenoxy) is 1. The zero-order valence-electron chi connectivity index (χ0n) is 8.25. The third-order valence-electron chi connectivity index (χ3n) is 1.54. The molecule has 16 heavy (non-hydrogen) atoms. The summed E-state index contributed by atoms with van der Waals surface area (Å²) in [6.07, 6.45) is -3.04. The van der Waals surface area contributed by atoms with Crippen molar-refractivity contribution in [2.45, 2.75) is 11.2 Å². The van der Waals surface area contributed by atoms with E-state index in [1.54, 1.807) is 0 Å². The molecule has 1 heterocycles. The first-order valence-corrected chi connectivity index (χ1v) is 5.15. The van der Waals surface area contributed by atoms with Crippen molar-refractivity contribution in [3.05, 3.63) is 23.9 Å². The minimum absolute atomic E-state index is 0.207. The van der Waals surface area contributed by atoms with Crippen LogP contribution in [0.15, 0.2) is 23.4 Å². The molecule has 1 rings (SSSR count). The van der Waals surface area contributed by atoms with Gasteiger partial charge in [0.1, 0.15) is 0 Å². The number of rotatable bonds is 3. The standard InChI is InChI=1S/C9H8F3NO2S/c1-15-8(14)6-2-3-7(13-4-6)16-5-9(10,11)12/h2-4H,5H2,1H3. The molecule has 0 spiro atoms. The van der Waals surface area contributed by atoms with Gasteiger partial charge >= 0.3 is 12.1 Å². The molecule has 3 nitrogen and oxygen atoms in total. The minimum atomic E-state index is -4.23. The van der Waals surface area contributed by atoms with Crippen LogP contribution in [0.3, 0.4) is 0 Å². The van der Waals surface area contributed by atoms with Gasteiger partial charge < -0.3 is 4.74 Å². The average Bonchev–Trinajstić information content (AvgIpc) is 2.25. The Morgan fingerprint density at radius 2 is 2.19 bits per heavy atom. The van der Waals surface area contributed by atoms with Gasteiger partial charge in [0, 0.05) is 6.20 Å². The molecule has 0 N–H and O–H groups in total. The number of esters is 1. The van der Waals surface area contributed by atoms with E-state index in [2.05, 4.69) is 9.72 Å². The maximum atomic E-state index is 11.9. The lowest BCUT2D eigenvalue weighted by molar-refractivity contribution is -0.105. The molecule has 1 aromatic heterocycles. The van der Waals surface area contributed by atoms with Crippen LogP contribution in [-0.4, -0.2) is 30.0 Å². The van der Waals surface area contributed by atoms with E-state index in [9.17, 15) is 18.0 Å². The summed E-state index contributed by atoms with van der Waals surface area (Å²) in [5, 5.41) is 0.213. The van der Waals surface area contributed by atoms with Gasteiger partial charge in [0.05, 0.1) is 23.5 Å². The van der Waals surface area contributed by atoms with Gasteiger partial charge in [0.25, 0.3) is 0 Å². The lowest BCUT2D eigenvalue weighted by Crippen LogP contribution is -2.10. The van der Waals surface area contributed by atoms with E-state index in [1.165, 1.54) is 25.4 Å². The topological polar surface area (TPSA) is 39.2 Å². The molecule has 0 aliphatic carbocycles. The molecule has 88 valence electrons. The number of alkyl halides is 3. The van der Waals surface area contributed by atoms with E-state index < -0.39 is 17.9 Å². The van der Waals surface area contributed by atoms with E-state index in [0.717, 1.165) is 0 Å². The van der Waals surface area contributed by atoms with Gasteiger partial charge in [-0.25, -0.2) is 9.78 Å². The number of hydrogen-bond acceptors (Lipinski definition) is 4. The van der Waals surface area contributed by atoms with Crippen molar-refractivity contribution in [1.82, 2.24) is 4.98 Å². The van der Waals surface area contributed by atoms with Crippen molar-refractivity contribution in [3.8, 4) is 0 Å². The summed E-state index contributed by atoms with van der Waals surface area (Å²) in [6.45, 7) is 0. The predicted molar refractivity (Wildman–Crippen MR) is 52.4 cm³/mol. The third-order valence-corrected chi connectivity index (χ3v) is 2.55. The van der Waals surface area contributed by atoms with Crippen LogP contribution in [0.25, 0.3) is 0 Å². The molecule has 0 unspecified atom stereocenters. The molecule has 0 amide bonds. The largest absolute Gasteiger partial charge is 0.465 e. The first-order chi connectivity index (χ1) is 7.42. The number of carbonyl (C=O) groups is 1. The van der Waals surface area contributed by atoms with Gasteiger partial charge in [-0.15, -0.1) is 0 Å². The fourth-order valence-electron chi connectivity index (χ4n) is 0.860. The fourth-order valence-corrected chi connectivity index (χ4v) is 1.46. The SMILES string of the molecule is COC(=O)c1ccc(SCC(F)(F)F)nc1. The molecule has 1 aromatic rings. The maximum absolute atomic E-state index is 11.9. The number of nitrogens with zero attached hydrogens (tertiary/aromatic N) is 1. The second-order valence-electron chi connectivity index (χ2n) is 2.78. The molecular weight excluding hydrogens is 243 g/mol. The maximum Gasteiger partial charge on any atom is 0.398 e. The summed E-state index contributed by atoms with van der Waals surface area (Å²) in [5.74, 6) is -1.57. The highest BCUT2D eigenvalue weighted by Gasteiger charge is 2.27. The summed E-state index contributed by atoms with van der Waals surface area (Å²) in [4.78, 5) is 14.7. The van der Waals surface area contributed by atoms with Crippen LogP contribution in [0.4, 0.5) is 13.2 Å². The Kier molecular flexibility index (Phi) is 4.17. The predicted octanol–water partition coefficient (Wildman–Crippen LogP) is 2.52. The average molecular weight is 251 g/mol. The lowest BCUT2D eigenvalue weighted by Gasteiger charge is -2.05. The van der Waals surface area contributed by atoms with Crippen LogP contribution in [-0.2, 0) is 4.74 Å². The normalized spacial score (nSPS) is 11.2. The summed E-state index contributed by atoms with van der Waals surface area (Å²) in [5.41, 5.74) is 0.207. The van der Waals surface area contributed by atoms with Gasteiger partial charge in [-0.1, -0.05) is 11.8 Å². The van der Waals surface area contributed by atoms with Gasteiger partial charge in [0.15, 0.2) is 0 Å².